The van der Waals surface area contributed by atoms with Crippen molar-refractivity contribution in [2.45, 2.75) is 18.9 Å². The molecule has 1 aromatic rings. The van der Waals surface area contributed by atoms with Gasteiger partial charge in [-0.3, -0.25) is 14.4 Å². The van der Waals surface area contributed by atoms with Crippen LogP contribution in [0.4, 0.5) is 0 Å². The molecule has 1 rings (SSSR count). The summed E-state index contributed by atoms with van der Waals surface area (Å²) in [5.41, 5.74) is 11.0. The number of carbonyl (C=O) groups is 3. The highest BCUT2D eigenvalue weighted by molar-refractivity contribution is 8.14. The first-order chi connectivity index (χ1) is 10.4. The number of carbonyl (C=O) groups excluding carboxylic acids is 1. The van der Waals surface area contributed by atoms with Crippen LogP contribution in [0.25, 0.3) is 0 Å². The van der Waals surface area contributed by atoms with E-state index < -0.39 is 18.0 Å². The fraction of sp³-hybridized carbons (Fsp3) is 0.357. The lowest BCUT2D eigenvalue weighted by Gasteiger charge is -2.01. The zero-order valence-corrected chi connectivity index (χ0v) is 12.8. The first kappa shape index (κ1) is 20.1. The molecule has 0 bridgehead atoms. The van der Waals surface area contributed by atoms with Gasteiger partial charge in [0.25, 0.3) is 0 Å². The van der Waals surface area contributed by atoms with E-state index in [-0.39, 0.29) is 18.0 Å². The zero-order valence-electron chi connectivity index (χ0n) is 12.0. The van der Waals surface area contributed by atoms with E-state index in [1.54, 1.807) is 0 Å². The van der Waals surface area contributed by atoms with Crippen LogP contribution >= 0.6 is 11.8 Å². The van der Waals surface area contributed by atoms with Crippen molar-refractivity contribution in [3.8, 4) is 0 Å². The van der Waals surface area contributed by atoms with Crippen LogP contribution in [-0.4, -0.2) is 45.6 Å². The Hall–Kier alpha value is -1.90. The van der Waals surface area contributed by atoms with Gasteiger partial charge in [-0.15, -0.1) is 0 Å². The molecule has 7 nitrogen and oxygen atoms in total. The van der Waals surface area contributed by atoms with E-state index in [4.69, 9.17) is 21.7 Å². The molecule has 1 aromatic carbocycles. The quantitative estimate of drug-likeness (QED) is 0.575. The summed E-state index contributed by atoms with van der Waals surface area (Å²) in [4.78, 5) is 31.2. The van der Waals surface area contributed by atoms with Gasteiger partial charge < -0.3 is 21.7 Å². The standard InChI is InChI=1S/C9H11NOS.C5H9NO4/c10-6-7-12-9(11)8-4-2-1-3-5-8;6-3(5(9)10)1-2-4(7)8/h1-5H,6-7,10H2;3H,1-2,6H2,(H,7,8)(H,9,10)/t;3-/m.0/s1. The SMILES string of the molecule is NCCSC(=O)c1ccccc1.N[C@@H](CCC(=O)O)C(=O)O. The van der Waals surface area contributed by atoms with Gasteiger partial charge in [0, 0.05) is 24.3 Å². The molecule has 0 aromatic heterocycles. The summed E-state index contributed by atoms with van der Waals surface area (Å²) in [5.74, 6) is -1.51. The van der Waals surface area contributed by atoms with Crippen LogP contribution in [0, 0.1) is 0 Å². The van der Waals surface area contributed by atoms with Crippen LogP contribution in [0.5, 0.6) is 0 Å². The van der Waals surface area contributed by atoms with Gasteiger partial charge in [0.1, 0.15) is 6.04 Å². The van der Waals surface area contributed by atoms with Crippen molar-refractivity contribution in [1.29, 1.82) is 0 Å². The second kappa shape index (κ2) is 11.7. The number of aliphatic carboxylic acids is 2. The molecule has 0 saturated carbocycles. The van der Waals surface area contributed by atoms with Crippen molar-refractivity contribution in [2.75, 3.05) is 12.3 Å². The normalized spacial score (nSPS) is 11.0. The highest BCUT2D eigenvalue weighted by atomic mass is 32.2. The molecule has 8 heteroatoms. The maximum Gasteiger partial charge on any atom is 0.320 e. The van der Waals surface area contributed by atoms with Crippen LogP contribution in [0.1, 0.15) is 23.2 Å². The molecule has 6 N–H and O–H groups in total. The lowest BCUT2D eigenvalue weighted by atomic mass is 10.2. The van der Waals surface area contributed by atoms with E-state index >= 15 is 0 Å². The average Bonchev–Trinajstić information content (AvgIpc) is 2.51. The Bertz CT molecular complexity index is 481. The summed E-state index contributed by atoms with van der Waals surface area (Å²) >= 11 is 1.27. The Morgan fingerprint density at radius 3 is 2.18 bits per heavy atom. The highest BCUT2D eigenvalue weighted by Crippen LogP contribution is 2.10. The molecular weight excluding hydrogens is 308 g/mol. The summed E-state index contributed by atoms with van der Waals surface area (Å²) < 4.78 is 0. The first-order valence-electron chi connectivity index (χ1n) is 6.51. The summed E-state index contributed by atoms with van der Waals surface area (Å²) in [5, 5.41) is 16.4. The zero-order chi connectivity index (χ0) is 17.0. The largest absolute Gasteiger partial charge is 0.481 e. The van der Waals surface area contributed by atoms with E-state index in [1.165, 1.54) is 11.8 Å². The number of benzene rings is 1. The van der Waals surface area contributed by atoms with Gasteiger partial charge in [0.2, 0.25) is 5.12 Å². The first-order valence-corrected chi connectivity index (χ1v) is 7.49. The van der Waals surface area contributed by atoms with Crippen LogP contribution in [-0.2, 0) is 9.59 Å². The van der Waals surface area contributed by atoms with Crippen molar-refractivity contribution >= 4 is 28.8 Å². The fourth-order valence-corrected chi connectivity index (χ4v) is 1.82. The van der Waals surface area contributed by atoms with Gasteiger partial charge in [-0.2, -0.15) is 0 Å². The Morgan fingerprint density at radius 2 is 1.73 bits per heavy atom. The van der Waals surface area contributed by atoms with E-state index in [0.717, 1.165) is 5.56 Å². The minimum atomic E-state index is -1.17. The Kier molecular flexibility index (Phi) is 10.7. The Labute approximate surface area is 132 Å². The molecule has 0 amide bonds. The predicted molar refractivity (Wildman–Crippen MR) is 84.8 cm³/mol. The number of carboxylic acid groups (broad SMARTS) is 2. The van der Waals surface area contributed by atoms with Crippen molar-refractivity contribution in [1.82, 2.24) is 0 Å². The number of thioether (sulfide) groups is 1. The summed E-state index contributed by atoms with van der Waals surface area (Å²) in [6.07, 6.45) is -0.224. The molecule has 0 radical (unpaired) electrons. The Morgan fingerprint density at radius 1 is 1.14 bits per heavy atom. The van der Waals surface area contributed by atoms with Crippen molar-refractivity contribution in [3.05, 3.63) is 35.9 Å². The molecular formula is C14H20N2O5S. The molecule has 1 atom stereocenters. The topological polar surface area (TPSA) is 144 Å². The van der Waals surface area contributed by atoms with Crippen LogP contribution in [0.2, 0.25) is 0 Å². The summed E-state index contributed by atoms with van der Waals surface area (Å²) in [6, 6.07) is 8.17. The third-order valence-electron chi connectivity index (χ3n) is 2.35. The van der Waals surface area contributed by atoms with E-state index in [1.807, 2.05) is 30.3 Å². The minimum absolute atomic E-state index is 0.0231. The van der Waals surface area contributed by atoms with Crippen molar-refractivity contribution in [2.24, 2.45) is 11.5 Å². The maximum atomic E-state index is 11.3. The number of nitrogens with two attached hydrogens (primary N) is 2. The smallest absolute Gasteiger partial charge is 0.320 e. The third-order valence-corrected chi connectivity index (χ3v) is 3.28. The van der Waals surface area contributed by atoms with Crippen LogP contribution in [0.3, 0.4) is 0 Å². The second-order valence-electron chi connectivity index (χ2n) is 4.17. The van der Waals surface area contributed by atoms with E-state index in [2.05, 4.69) is 0 Å². The molecule has 0 spiro atoms. The molecule has 122 valence electrons. The Balaban J connectivity index is 0.000000409. The van der Waals surface area contributed by atoms with Gasteiger partial charge in [-0.25, -0.2) is 0 Å². The fourth-order valence-electron chi connectivity index (χ4n) is 1.21. The van der Waals surface area contributed by atoms with Gasteiger partial charge in [0.05, 0.1) is 0 Å². The van der Waals surface area contributed by atoms with E-state index in [0.29, 0.717) is 12.3 Å². The average molecular weight is 328 g/mol. The number of hydrogen-bond donors (Lipinski definition) is 4. The van der Waals surface area contributed by atoms with Crippen molar-refractivity contribution < 1.29 is 24.6 Å². The molecule has 0 aliphatic rings. The number of rotatable bonds is 7. The monoisotopic (exact) mass is 328 g/mol. The lowest BCUT2D eigenvalue weighted by Crippen LogP contribution is -2.30. The molecule has 0 unspecified atom stereocenters. The lowest BCUT2D eigenvalue weighted by molar-refractivity contribution is -0.139. The predicted octanol–water partition coefficient (Wildman–Crippen LogP) is 0.782. The summed E-state index contributed by atoms with van der Waals surface area (Å²) in [6.45, 7) is 0.545. The van der Waals surface area contributed by atoms with Gasteiger partial charge in [0.15, 0.2) is 0 Å². The second-order valence-corrected chi connectivity index (χ2v) is 5.24. The molecule has 0 saturated heterocycles. The van der Waals surface area contributed by atoms with E-state index in [9.17, 15) is 14.4 Å². The molecule has 0 heterocycles. The van der Waals surface area contributed by atoms with Gasteiger partial charge >= 0.3 is 11.9 Å². The number of carboxylic acids is 2. The van der Waals surface area contributed by atoms with Crippen LogP contribution < -0.4 is 11.5 Å². The maximum absolute atomic E-state index is 11.3. The summed E-state index contributed by atoms with van der Waals surface area (Å²) in [7, 11) is 0. The molecule has 0 aliphatic carbocycles. The third kappa shape index (κ3) is 9.92. The number of hydrogen-bond acceptors (Lipinski definition) is 6. The van der Waals surface area contributed by atoms with Crippen molar-refractivity contribution in [3.63, 3.8) is 0 Å². The van der Waals surface area contributed by atoms with Crippen LogP contribution in [0.15, 0.2) is 30.3 Å². The molecule has 0 aliphatic heterocycles. The minimum Gasteiger partial charge on any atom is -0.481 e. The van der Waals surface area contributed by atoms with Gasteiger partial charge in [-0.1, -0.05) is 42.1 Å². The highest BCUT2D eigenvalue weighted by Gasteiger charge is 2.12. The molecule has 22 heavy (non-hydrogen) atoms. The molecule has 0 fully saturated rings. The van der Waals surface area contributed by atoms with Gasteiger partial charge in [-0.05, 0) is 6.42 Å².